The number of rotatable bonds is 4. The predicted octanol–water partition coefficient (Wildman–Crippen LogP) is 4.14. The summed E-state index contributed by atoms with van der Waals surface area (Å²) in [6.45, 7) is 0.721. The number of likely N-dealkylation sites (N-methyl/N-ethyl adjacent to an activating group) is 1. The highest BCUT2D eigenvalue weighted by Gasteiger charge is 2.21. The molecule has 0 heterocycles. The van der Waals surface area contributed by atoms with Crippen LogP contribution in [-0.2, 0) is 0 Å². The minimum atomic E-state index is -0.414. The second-order valence-corrected chi connectivity index (χ2v) is 6.32. The van der Waals surface area contributed by atoms with Crippen LogP contribution < -0.4 is 0 Å². The van der Waals surface area contributed by atoms with Crippen LogP contribution in [0.1, 0.15) is 43.8 Å². The van der Waals surface area contributed by atoms with Gasteiger partial charge in [0.2, 0.25) is 0 Å². The lowest BCUT2D eigenvalue weighted by Gasteiger charge is -2.32. The molecule has 112 valence electrons. The Kier molecular flexibility index (Phi) is 4.57. The van der Waals surface area contributed by atoms with E-state index in [4.69, 9.17) is 0 Å². The standard InChI is InChI=1S/C19H25NO/c1-20(16-10-3-2-4-11-16)14-19(21)18-13-7-9-15-8-5-6-12-17(15)18/h5-9,12-13,16,19,21H,2-4,10-11,14H2,1H3. The van der Waals surface area contributed by atoms with E-state index in [1.165, 1.54) is 42.9 Å². The summed E-state index contributed by atoms with van der Waals surface area (Å²) in [5.74, 6) is 0. The van der Waals surface area contributed by atoms with Gasteiger partial charge in [-0.3, -0.25) is 0 Å². The molecule has 1 N–H and O–H groups in total. The summed E-state index contributed by atoms with van der Waals surface area (Å²) in [5, 5.41) is 13.1. The summed E-state index contributed by atoms with van der Waals surface area (Å²) in [7, 11) is 2.16. The van der Waals surface area contributed by atoms with Crippen molar-refractivity contribution >= 4 is 10.8 Å². The van der Waals surface area contributed by atoms with Gasteiger partial charge in [-0.25, -0.2) is 0 Å². The SMILES string of the molecule is CN(CC(O)c1cccc2ccccc12)C1CCCCC1. The summed E-state index contributed by atoms with van der Waals surface area (Å²) in [5.41, 5.74) is 1.05. The van der Waals surface area contributed by atoms with E-state index in [9.17, 15) is 5.11 Å². The zero-order valence-corrected chi connectivity index (χ0v) is 12.8. The summed E-state index contributed by atoms with van der Waals surface area (Å²) in [6.07, 6.45) is 6.18. The normalized spacial score (nSPS) is 18.2. The van der Waals surface area contributed by atoms with Crippen molar-refractivity contribution in [1.82, 2.24) is 4.90 Å². The van der Waals surface area contributed by atoms with Gasteiger partial charge in [-0.2, -0.15) is 0 Å². The summed E-state index contributed by atoms with van der Waals surface area (Å²) in [6, 6.07) is 15.2. The Morgan fingerprint density at radius 3 is 2.57 bits per heavy atom. The van der Waals surface area contributed by atoms with E-state index >= 15 is 0 Å². The summed E-state index contributed by atoms with van der Waals surface area (Å²) >= 11 is 0. The first kappa shape index (κ1) is 14.6. The largest absolute Gasteiger partial charge is 0.387 e. The third-order valence-electron chi connectivity index (χ3n) is 4.84. The van der Waals surface area contributed by atoms with Gasteiger partial charge >= 0.3 is 0 Å². The van der Waals surface area contributed by atoms with Crippen LogP contribution in [0, 0.1) is 0 Å². The van der Waals surface area contributed by atoms with Crippen LogP contribution in [0.25, 0.3) is 10.8 Å². The molecule has 1 aliphatic rings. The van der Waals surface area contributed by atoms with Crippen LogP contribution in [0.4, 0.5) is 0 Å². The van der Waals surface area contributed by atoms with Gasteiger partial charge < -0.3 is 10.0 Å². The second-order valence-electron chi connectivity index (χ2n) is 6.32. The number of aliphatic hydroxyl groups excluding tert-OH is 1. The molecule has 2 heteroatoms. The highest BCUT2D eigenvalue weighted by atomic mass is 16.3. The highest BCUT2D eigenvalue weighted by molar-refractivity contribution is 5.85. The van der Waals surface area contributed by atoms with E-state index in [1.807, 2.05) is 18.2 Å². The molecule has 1 atom stereocenters. The summed E-state index contributed by atoms with van der Waals surface area (Å²) in [4.78, 5) is 2.35. The third-order valence-corrected chi connectivity index (χ3v) is 4.84. The Bertz CT molecular complexity index is 584. The fourth-order valence-corrected chi connectivity index (χ4v) is 3.58. The highest BCUT2D eigenvalue weighted by Crippen LogP contribution is 2.27. The number of hydrogen-bond donors (Lipinski definition) is 1. The van der Waals surface area contributed by atoms with Gasteiger partial charge in [0, 0.05) is 12.6 Å². The van der Waals surface area contributed by atoms with Gasteiger partial charge in [0.15, 0.2) is 0 Å². The maximum Gasteiger partial charge on any atom is 0.0922 e. The van der Waals surface area contributed by atoms with E-state index < -0.39 is 6.10 Å². The molecule has 0 radical (unpaired) electrons. The quantitative estimate of drug-likeness (QED) is 0.911. The van der Waals surface area contributed by atoms with Gasteiger partial charge in [-0.05, 0) is 36.2 Å². The van der Waals surface area contributed by atoms with Crippen molar-refractivity contribution in [2.45, 2.75) is 44.2 Å². The molecule has 2 aromatic carbocycles. The minimum absolute atomic E-state index is 0.414. The van der Waals surface area contributed by atoms with Crippen molar-refractivity contribution in [2.24, 2.45) is 0 Å². The molecule has 1 saturated carbocycles. The lowest BCUT2D eigenvalue weighted by Crippen LogP contribution is -2.36. The van der Waals surface area contributed by atoms with E-state index in [2.05, 4.69) is 36.2 Å². The Morgan fingerprint density at radius 1 is 1.05 bits per heavy atom. The van der Waals surface area contributed by atoms with Crippen molar-refractivity contribution in [3.63, 3.8) is 0 Å². The van der Waals surface area contributed by atoms with Crippen molar-refractivity contribution < 1.29 is 5.11 Å². The van der Waals surface area contributed by atoms with Crippen LogP contribution in [0.15, 0.2) is 42.5 Å². The molecule has 1 fully saturated rings. The number of benzene rings is 2. The van der Waals surface area contributed by atoms with Crippen molar-refractivity contribution in [2.75, 3.05) is 13.6 Å². The first-order valence-electron chi connectivity index (χ1n) is 8.11. The smallest absolute Gasteiger partial charge is 0.0922 e. The summed E-state index contributed by atoms with van der Waals surface area (Å²) < 4.78 is 0. The Morgan fingerprint density at radius 2 is 1.76 bits per heavy atom. The van der Waals surface area contributed by atoms with E-state index in [-0.39, 0.29) is 0 Å². The lowest BCUT2D eigenvalue weighted by molar-refractivity contribution is 0.0923. The van der Waals surface area contributed by atoms with Gasteiger partial charge in [0.1, 0.15) is 0 Å². The van der Waals surface area contributed by atoms with Gasteiger partial charge in [-0.1, -0.05) is 61.7 Å². The number of aliphatic hydroxyl groups is 1. The molecule has 1 aliphatic carbocycles. The van der Waals surface area contributed by atoms with Crippen LogP contribution in [-0.4, -0.2) is 29.6 Å². The average molecular weight is 283 g/mol. The van der Waals surface area contributed by atoms with Gasteiger partial charge in [0.05, 0.1) is 6.10 Å². The maximum absolute atomic E-state index is 10.7. The first-order valence-corrected chi connectivity index (χ1v) is 8.11. The molecule has 21 heavy (non-hydrogen) atoms. The topological polar surface area (TPSA) is 23.5 Å². The molecule has 2 nitrogen and oxygen atoms in total. The molecule has 2 aromatic rings. The van der Waals surface area contributed by atoms with Crippen LogP contribution in [0.2, 0.25) is 0 Å². The van der Waals surface area contributed by atoms with Gasteiger partial charge in [0.25, 0.3) is 0 Å². The molecule has 0 aliphatic heterocycles. The Labute approximate surface area is 127 Å². The fourth-order valence-electron chi connectivity index (χ4n) is 3.58. The fraction of sp³-hybridized carbons (Fsp3) is 0.474. The number of nitrogens with zero attached hydrogens (tertiary/aromatic N) is 1. The molecular formula is C19H25NO. The molecule has 0 aromatic heterocycles. The zero-order valence-electron chi connectivity index (χ0n) is 12.8. The van der Waals surface area contributed by atoms with E-state index in [1.54, 1.807) is 0 Å². The van der Waals surface area contributed by atoms with E-state index in [0.29, 0.717) is 6.04 Å². The van der Waals surface area contributed by atoms with Crippen LogP contribution in [0.3, 0.4) is 0 Å². The van der Waals surface area contributed by atoms with E-state index in [0.717, 1.165) is 12.1 Å². The molecule has 1 unspecified atom stereocenters. The second kappa shape index (κ2) is 6.59. The molecule has 0 amide bonds. The predicted molar refractivity (Wildman–Crippen MR) is 88.4 cm³/mol. The molecule has 0 saturated heterocycles. The number of hydrogen-bond acceptors (Lipinski definition) is 2. The number of fused-ring (bicyclic) bond motifs is 1. The lowest BCUT2D eigenvalue weighted by atomic mass is 9.93. The molecule has 0 bridgehead atoms. The minimum Gasteiger partial charge on any atom is -0.387 e. The van der Waals surface area contributed by atoms with Crippen molar-refractivity contribution in [3.8, 4) is 0 Å². The first-order chi connectivity index (χ1) is 10.3. The Hall–Kier alpha value is -1.38. The third kappa shape index (κ3) is 3.28. The molecule has 3 rings (SSSR count). The van der Waals surface area contributed by atoms with Crippen LogP contribution >= 0.6 is 0 Å². The van der Waals surface area contributed by atoms with Crippen molar-refractivity contribution in [3.05, 3.63) is 48.0 Å². The maximum atomic E-state index is 10.7. The average Bonchev–Trinajstić information content (AvgIpc) is 2.55. The zero-order chi connectivity index (χ0) is 14.7. The molecule has 0 spiro atoms. The monoisotopic (exact) mass is 283 g/mol. The van der Waals surface area contributed by atoms with Crippen LogP contribution in [0.5, 0.6) is 0 Å². The Balaban J connectivity index is 1.75. The molecular weight excluding hydrogens is 258 g/mol. The van der Waals surface area contributed by atoms with Gasteiger partial charge in [-0.15, -0.1) is 0 Å². The van der Waals surface area contributed by atoms with Crippen molar-refractivity contribution in [1.29, 1.82) is 0 Å².